The van der Waals surface area contributed by atoms with Crippen LogP contribution in [0.5, 0.6) is 5.75 Å². The zero-order chi connectivity index (χ0) is 15.8. The summed E-state index contributed by atoms with van der Waals surface area (Å²) in [5.41, 5.74) is 7.04. The smallest absolute Gasteiger partial charge is 0.222 e. The number of hydrogen-bond donors (Lipinski definition) is 1. The van der Waals surface area contributed by atoms with Gasteiger partial charge in [0.05, 0.1) is 6.61 Å². The Hall–Kier alpha value is -1.55. The number of carbonyl (C=O) groups is 1. The first kappa shape index (κ1) is 16.8. The van der Waals surface area contributed by atoms with Gasteiger partial charge >= 0.3 is 0 Å². The lowest BCUT2D eigenvalue weighted by Gasteiger charge is -2.30. The molecule has 0 bridgehead atoms. The summed E-state index contributed by atoms with van der Waals surface area (Å²) in [6, 6.07) is 8.36. The second-order valence-electron chi connectivity index (χ2n) is 6.07. The van der Waals surface area contributed by atoms with Crippen molar-refractivity contribution in [2.75, 3.05) is 19.7 Å². The van der Waals surface area contributed by atoms with Crippen LogP contribution in [-0.4, -0.2) is 36.5 Å². The minimum atomic E-state index is 0.240. The normalized spacial score (nSPS) is 15.8. The lowest BCUT2D eigenvalue weighted by atomic mass is 10.0. The lowest BCUT2D eigenvalue weighted by molar-refractivity contribution is -0.132. The second kappa shape index (κ2) is 8.79. The number of rotatable bonds is 7. The standard InChI is InChI=1S/C18H28N2O2/c1-2-3-13-22-17-6-4-5-15(14-17)7-8-18(21)20-11-9-16(19)10-12-20/h4-6,14,16H,2-3,7-13,19H2,1H3. The molecule has 0 aromatic heterocycles. The number of hydrogen-bond acceptors (Lipinski definition) is 3. The SMILES string of the molecule is CCCCOc1cccc(CCC(=O)N2CCC(N)CC2)c1. The highest BCUT2D eigenvalue weighted by atomic mass is 16.5. The van der Waals surface area contributed by atoms with Crippen molar-refractivity contribution in [1.29, 1.82) is 0 Å². The first-order chi connectivity index (χ1) is 10.7. The molecular weight excluding hydrogens is 276 g/mol. The molecule has 0 spiro atoms. The quantitative estimate of drug-likeness (QED) is 0.788. The molecular formula is C18H28N2O2. The molecule has 1 amide bonds. The lowest BCUT2D eigenvalue weighted by Crippen LogP contribution is -2.42. The number of nitrogens with two attached hydrogens (primary N) is 1. The molecule has 1 fully saturated rings. The number of benzene rings is 1. The number of piperidine rings is 1. The monoisotopic (exact) mass is 304 g/mol. The Kier molecular flexibility index (Phi) is 6.72. The maximum atomic E-state index is 12.2. The van der Waals surface area contributed by atoms with Gasteiger partial charge in [-0.15, -0.1) is 0 Å². The Morgan fingerprint density at radius 2 is 2.14 bits per heavy atom. The molecule has 0 radical (unpaired) electrons. The minimum absolute atomic E-state index is 0.240. The van der Waals surface area contributed by atoms with Crippen LogP contribution >= 0.6 is 0 Å². The average molecular weight is 304 g/mol. The van der Waals surface area contributed by atoms with E-state index in [1.165, 1.54) is 0 Å². The van der Waals surface area contributed by atoms with E-state index in [0.29, 0.717) is 6.42 Å². The average Bonchev–Trinajstić information content (AvgIpc) is 2.54. The van der Waals surface area contributed by atoms with Gasteiger partial charge in [-0.1, -0.05) is 25.5 Å². The topological polar surface area (TPSA) is 55.6 Å². The van der Waals surface area contributed by atoms with E-state index in [-0.39, 0.29) is 11.9 Å². The molecule has 0 aliphatic carbocycles. The van der Waals surface area contributed by atoms with E-state index in [0.717, 1.165) is 63.1 Å². The number of unbranched alkanes of at least 4 members (excludes halogenated alkanes) is 1. The summed E-state index contributed by atoms with van der Waals surface area (Å²) >= 11 is 0. The number of aryl methyl sites for hydroxylation is 1. The van der Waals surface area contributed by atoms with Crippen LogP contribution in [-0.2, 0) is 11.2 Å². The van der Waals surface area contributed by atoms with Crippen LogP contribution in [0.1, 0.15) is 44.6 Å². The minimum Gasteiger partial charge on any atom is -0.494 e. The molecule has 1 aromatic rings. The first-order valence-electron chi connectivity index (χ1n) is 8.44. The van der Waals surface area contributed by atoms with Crippen LogP contribution in [0.4, 0.5) is 0 Å². The molecule has 122 valence electrons. The zero-order valence-corrected chi connectivity index (χ0v) is 13.6. The van der Waals surface area contributed by atoms with Gasteiger partial charge < -0.3 is 15.4 Å². The highest BCUT2D eigenvalue weighted by Crippen LogP contribution is 2.16. The molecule has 22 heavy (non-hydrogen) atoms. The van der Waals surface area contributed by atoms with E-state index in [1.807, 2.05) is 17.0 Å². The Morgan fingerprint density at radius 1 is 1.36 bits per heavy atom. The number of likely N-dealkylation sites (tertiary alicyclic amines) is 1. The molecule has 0 saturated carbocycles. The molecule has 1 aliphatic rings. The molecule has 1 aromatic carbocycles. The van der Waals surface area contributed by atoms with Gasteiger partial charge in [0.25, 0.3) is 0 Å². The van der Waals surface area contributed by atoms with Crippen molar-refractivity contribution in [3.63, 3.8) is 0 Å². The van der Waals surface area contributed by atoms with E-state index in [2.05, 4.69) is 19.1 Å². The predicted molar refractivity (Wildman–Crippen MR) is 89.0 cm³/mol. The van der Waals surface area contributed by atoms with Crippen LogP contribution in [0.15, 0.2) is 24.3 Å². The maximum absolute atomic E-state index is 12.2. The highest BCUT2D eigenvalue weighted by molar-refractivity contribution is 5.76. The Labute approximate surface area is 133 Å². The molecule has 1 heterocycles. The molecule has 2 rings (SSSR count). The molecule has 4 nitrogen and oxygen atoms in total. The van der Waals surface area contributed by atoms with Crippen molar-refractivity contribution >= 4 is 5.91 Å². The second-order valence-corrected chi connectivity index (χ2v) is 6.07. The summed E-state index contributed by atoms with van der Waals surface area (Å²) in [5, 5.41) is 0. The van der Waals surface area contributed by atoms with Gasteiger partial charge in [-0.2, -0.15) is 0 Å². The zero-order valence-electron chi connectivity index (χ0n) is 13.6. The predicted octanol–water partition coefficient (Wildman–Crippen LogP) is 2.75. The summed E-state index contributed by atoms with van der Waals surface area (Å²) < 4.78 is 5.71. The molecule has 1 aliphatic heterocycles. The first-order valence-corrected chi connectivity index (χ1v) is 8.44. The van der Waals surface area contributed by atoms with E-state index in [1.54, 1.807) is 0 Å². The fourth-order valence-electron chi connectivity index (χ4n) is 2.68. The summed E-state index contributed by atoms with van der Waals surface area (Å²) in [6.07, 6.45) is 5.38. The fourth-order valence-corrected chi connectivity index (χ4v) is 2.68. The van der Waals surface area contributed by atoms with Crippen LogP contribution < -0.4 is 10.5 Å². The van der Waals surface area contributed by atoms with E-state index in [9.17, 15) is 4.79 Å². The van der Waals surface area contributed by atoms with Gasteiger partial charge in [-0.05, 0) is 43.4 Å². The van der Waals surface area contributed by atoms with Crippen molar-refractivity contribution in [3.05, 3.63) is 29.8 Å². The number of nitrogens with zero attached hydrogens (tertiary/aromatic N) is 1. The third-order valence-corrected chi connectivity index (χ3v) is 4.18. The highest BCUT2D eigenvalue weighted by Gasteiger charge is 2.20. The van der Waals surface area contributed by atoms with E-state index >= 15 is 0 Å². The van der Waals surface area contributed by atoms with E-state index in [4.69, 9.17) is 10.5 Å². The van der Waals surface area contributed by atoms with Gasteiger partial charge in [-0.25, -0.2) is 0 Å². The largest absolute Gasteiger partial charge is 0.494 e. The molecule has 2 N–H and O–H groups in total. The fraction of sp³-hybridized carbons (Fsp3) is 0.611. The van der Waals surface area contributed by atoms with Crippen LogP contribution in [0.2, 0.25) is 0 Å². The Morgan fingerprint density at radius 3 is 2.86 bits per heavy atom. The summed E-state index contributed by atoms with van der Waals surface area (Å²) in [6.45, 7) is 4.52. The van der Waals surface area contributed by atoms with Crippen molar-refractivity contribution in [2.45, 2.75) is 51.5 Å². The number of amides is 1. The van der Waals surface area contributed by atoms with Crippen molar-refractivity contribution in [3.8, 4) is 5.75 Å². The van der Waals surface area contributed by atoms with Gasteiger partial charge in [0.1, 0.15) is 5.75 Å². The summed E-state index contributed by atoms with van der Waals surface area (Å²) in [7, 11) is 0. The molecule has 1 saturated heterocycles. The maximum Gasteiger partial charge on any atom is 0.222 e. The molecule has 0 atom stereocenters. The van der Waals surface area contributed by atoms with Crippen LogP contribution in [0.25, 0.3) is 0 Å². The van der Waals surface area contributed by atoms with Crippen molar-refractivity contribution < 1.29 is 9.53 Å². The van der Waals surface area contributed by atoms with Gasteiger partial charge in [0.2, 0.25) is 5.91 Å². The number of carbonyl (C=O) groups excluding carboxylic acids is 1. The van der Waals surface area contributed by atoms with E-state index < -0.39 is 0 Å². The Balaban J connectivity index is 1.78. The third-order valence-electron chi connectivity index (χ3n) is 4.18. The van der Waals surface area contributed by atoms with Crippen LogP contribution in [0, 0.1) is 0 Å². The van der Waals surface area contributed by atoms with Crippen LogP contribution in [0.3, 0.4) is 0 Å². The molecule has 0 unspecified atom stereocenters. The summed E-state index contributed by atoms with van der Waals surface area (Å²) in [4.78, 5) is 14.2. The van der Waals surface area contributed by atoms with Crippen molar-refractivity contribution in [1.82, 2.24) is 4.90 Å². The van der Waals surface area contributed by atoms with Crippen molar-refractivity contribution in [2.24, 2.45) is 5.73 Å². The van der Waals surface area contributed by atoms with Gasteiger partial charge in [-0.3, -0.25) is 4.79 Å². The third kappa shape index (κ3) is 5.34. The van der Waals surface area contributed by atoms with Gasteiger partial charge in [0.15, 0.2) is 0 Å². The number of ether oxygens (including phenoxy) is 1. The van der Waals surface area contributed by atoms with Gasteiger partial charge in [0, 0.05) is 25.6 Å². The molecule has 4 heteroatoms. The Bertz CT molecular complexity index is 468. The summed E-state index contributed by atoms with van der Waals surface area (Å²) in [5.74, 6) is 1.14.